The van der Waals surface area contributed by atoms with Crippen LogP contribution in [-0.2, 0) is 9.53 Å². The van der Waals surface area contributed by atoms with Crippen molar-refractivity contribution in [2.45, 2.75) is 0 Å². The average molecular weight is 233 g/mol. The van der Waals surface area contributed by atoms with Crippen molar-refractivity contribution in [3.8, 4) is 5.82 Å². The third-order valence-corrected chi connectivity index (χ3v) is 1.97. The lowest BCUT2D eigenvalue weighted by Crippen LogP contribution is -2.18. The average Bonchev–Trinajstić information content (AvgIpc) is 2.83. The highest BCUT2D eigenvalue weighted by molar-refractivity contribution is 5.93. The summed E-state index contributed by atoms with van der Waals surface area (Å²) in [5, 5.41) is 6.65. The first-order valence-corrected chi connectivity index (χ1v) is 4.90. The summed E-state index contributed by atoms with van der Waals surface area (Å²) in [7, 11) is 1.46. The van der Waals surface area contributed by atoms with Crippen LogP contribution in [0.4, 0.5) is 5.69 Å². The number of methoxy groups -OCH3 is 1. The van der Waals surface area contributed by atoms with Crippen molar-refractivity contribution >= 4 is 11.6 Å². The maximum absolute atomic E-state index is 11.4. The Hall–Kier alpha value is -2.28. The van der Waals surface area contributed by atoms with E-state index in [4.69, 9.17) is 4.74 Å². The minimum absolute atomic E-state index is 0.00824. The summed E-state index contributed by atoms with van der Waals surface area (Å²) < 4.78 is 6.21. The SMILES string of the molecule is COCC(=O)Nc1cccnc1-n1cncn1. The Balaban J connectivity index is 2.25. The van der Waals surface area contributed by atoms with E-state index in [0.29, 0.717) is 11.5 Å². The van der Waals surface area contributed by atoms with Crippen molar-refractivity contribution in [2.24, 2.45) is 0 Å². The molecule has 88 valence electrons. The van der Waals surface area contributed by atoms with Gasteiger partial charge in [-0.15, -0.1) is 0 Å². The third-order valence-electron chi connectivity index (χ3n) is 1.97. The molecule has 1 amide bonds. The lowest BCUT2D eigenvalue weighted by molar-refractivity contribution is -0.119. The number of ether oxygens (including phenoxy) is 1. The lowest BCUT2D eigenvalue weighted by atomic mass is 10.3. The van der Waals surface area contributed by atoms with Crippen molar-refractivity contribution in [1.29, 1.82) is 0 Å². The fourth-order valence-electron chi connectivity index (χ4n) is 1.31. The Labute approximate surface area is 97.5 Å². The molecule has 0 aliphatic carbocycles. The molecule has 2 aromatic rings. The molecule has 2 rings (SSSR count). The smallest absolute Gasteiger partial charge is 0.250 e. The highest BCUT2D eigenvalue weighted by Crippen LogP contribution is 2.15. The van der Waals surface area contributed by atoms with Crippen LogP contribution in [0, 0.1) is 0 Å². The van der Waals surface area contributed by atoms with Crippen molar-refractivity contribution in [1.82, 2.24) is 19.7 Å². The van der Waals surface area contributed by atoms with Crippen molar-refractivity contribution in [3.63, 3.8) is 0 Å². The van der Waals surface area contributed by atoms with E-state index >= 15 is 0 Å². The van der Waals surface area contributed by atoms with E-state index in [0.717, 1.165) is 0 Å². The molecule has 0 aliphatic rings. The van der Waals surface area contributed by atoms with Crippen molar-refractivity contribution in [3.05, 3.63) is 31.0 Å². The number of hydrogen-bond donors (Lipinski definition) is 1. The summed E-state index contributed by atoms with van der Waals surface area (Å²) in [6.07, 6.45) is 4.52. The Morgan fingerprint density at radius 2 is 2.47 bits per heavy atom. The van der Waals surface area contributed by atoms with E-state index in [2.05, 4.69) is 20.4 Å². The first kappa shape index (κ1) is 11.2. The second-order valence-corrected chi connectivity index (χ2v) is 3.20. The summed E-state index contributed by atoms with van der Waals surface area (Å²) in [5.41, 5.74) is 0.556. The number of hydrogen-bond acceptors (Lipinski definition) is 5. The van der Waals surface area contributed by atoms with Gasteiger partial charge in [0.1, 0.15) is 19.3 Å². The van der Waals surface area contributed by atoms with E-state index < -0.39 is 0 Å². The monoisotopic (exact) mass is 233 g/mol. The first-order valence-electron chi connectivity index (χ1n) is 4.90. The van der Waals surface area contributed by atoms with E-state index in [1.165, 1.54) is 24.4 Å². The molecular weight excluding hydrogens is 222 g/mol. The van der Waals surface area contributed by atoms with Gasteiger partial charge >= 0.3 is 0 Å². The molecule has 0 unspecified atom stereocenters. The highest BCUT2D eigenvalue weighted by Gasteiger charge is 2.09. The predicted octanol–water partition coefficient (Wildman–Crippen LogP) is 0.247. The van der Waals surface area contributed by atoms with Gasteiger partial charge in [0.05, 0.1) is 5.69 Å². The predicted molar refractivity (Wildman–Crippen MR) is 59.7 cm³/mol. The molecule has 1 N–H and O–H groups in total. The normalized spacial score (nSPS) is 10.2. The molecule has 0 aliphatic heterocycles. The Morgan fingerprint density at radius 3 is 3.18 bits per heavy atom. The summed E-state index contributed by atoms with van der Waals surface area (Å²) in [5.74, 6) is 0.260. The fourth-order valence-corrected chi connectivity index (χ4v) is 1.31. The van der Waals surface area contributed by atoms with Gasteiger partial charge in [0.15, 0.2) is 5.82 Å². The molecule has 0 spiro atoms. The molecule has 0 aromatic carbocycles. The minimum atomic E-state index is -0.248. The van der Waals surface area contributed by atoms with Gasteiger partial charge in [0, 0.05) is 13.3 Å². The van der Waals surface area contributed by atoms with Gasteiger partial charge < -0.3 is 10.1 Å². The number of amides is 1. The maximum Gasteiger partial charge on any atom is 0.250 e. The van der Waals surface area contributed by atoms with Crippen molar-refractivity contribution in [2.75, 3.05) is 19.0 Å². The number of aromatic nitrogens is 4. The largest absolute Gasteiger partial charge is 0.375 e. The molecule has 2 aromatic heterocycles. The Morgan fingerprint density at radius 1 is 1.59 bits per heavy atom. The first-order chi connectivity index (χ1) is 8.31. The lowest BCUT2D eigenvalue weighted by Gasteiger charge is -2.08. The molecule has 0 atom stereocenters. The standard InChI is InChI=1S/C10H11N5O2/c1-17-5-9(16)14-8-3-2-4-12-10(8)15-7-11-6-13-15/h2-4,6-7H,5H2,1H3,(H,14,16). The number of nitrogens with zero attached hydrogens (tertiary/aromatic N) is 4. The van der Waals surface area contributed by atoms with E-state index in [9.17, 15) is 4.79 Å². The number of nitrogens with one attached hydrogen (secondary N) is 1. The maximum atomic E-state index is 11.4. The Kier molecular flexibility index (Phi) is 3.41. The van der Waals surface area contributed by atoms with E-state index in [-0.39, 0.29) is 12.5 Å². The molecule has 7 nitrogen and oxygen atoms in total. The van der Waals surface area contributed by atoms with Crippen LogP contribution in [0.3, 0.4) is 0 Å². The third kappa shape index (κ3) is 2.64. The van der Waals surface area contributed by atoms with Gasteiger partial charge in [-0.3, -0.25) is 4.79 Å². The molecule has 0 bridgehead atoms. The van der Waals surface area contributed by atoms with Gasteiger partial charge in [-0.1, -0.05) is 0 Å². The van der Waals surface area contributed by atoms with Crippen LogP contribution in [0.2, 0.25) is 0 Å². The summed E-state index contributed by atoms with van der Waals surface area (Å²) in [4.78, 5) is 19.4. The molecule has 0 radical (unpaired) electrons. The number of carbonyl (C=O) groups excluding carboxylic acids is 1. The van der Waals surface area contributed by atoms with Gasteiger partial charge in [0.25, 0.3) is 0 Å². The minimum Gasteiger partial charge on any atom is -0.375 e. The molecular formula is C10H11N5O2. The molecule has 17 heavy (non-hydrogen) atoms. The number of carbonyl (C=O) groups is 1. The number of anilines is 1. The van der Waals surface area contributed by atoms with Crippen LogP contribution < -0.4 is 5.32 Å². The topological polar surface area (TPSA) is 81.9 Å². The van der Waals surface area contributed by atoms with Gasteiger partial charge in [-0.25, -0.2) is 14.6 Å². The zero-order valence-corrected chi connectivity index (χ0v) is 9.20. The second kappa shape index (κ2) is 5.17. The fraction of sp³-hybridized carbons (Fsp3) is 0.200. The quantitative estimate of drug-likeness (QED) is 0.818. The number of rotatable bonds is 4. The van der Waals surface area contributed by atoms with Crippen LogP contribution in [0.25, 0.3) is 5.82 Å². The van der Waals surface area contributed by atoms with Crippen LogP contribution in [0.5, 0.6) is 0 Å². The molecule has 0 saturated heterocycles. The second-order valence-electron chi connectivity index (χ2n) is 3.20. The number of pyridine rings is 1. The van der Waals surface area contributed by atoms with Gasteiger partial charge in [-0.2, -0.15) is 5.10 Å². The van der Waals surface area contributed by atoms with Crippen molar-refractivity contribution < 1.29 is 9.53 Å². The molecule has 0 saturated carbocycles. The molecule has 7 heteroatoms. The van der Waals surface area contributed by atoms with Gasteiger partial charge in [-0.05, 0) is 12.1 Å². The van der Waals surface area contributed by atoms with Crippen LogP contribution >= 0.6 is 0 Å². The van der Waals surface area contributed by atoms with Crippen LogP contribution in [0.1, 0.15) is 0 Å². The summed E-state index contributed by atoms with van der Waals surface area (Å²) in [6.45, 7) is -0.00824. The zero-order valence-electron chi connectivity index (χ0n) is 9.20. The van der Waals surface area contributed by atoms with E-state index in [1.807, 2.05) is 0 Å². The molecule has 2 heterocycles. The zero-order chi connectivity index (χ0) is 12.1. The van der Waals surface area contributed by atoms with Crippen LogP contribution in [0.15, 0.2) is 31.0 Å². The van der Waals surface area contributed by atoms with Crippen LogP contribution in [-0.4, -0.2) is 39.4 Å². The highest BCUT2D eigenvalue weighted by atomic mass is 16.5. The van der Waals surface area contributed by atoms with E-state index in [1.54, 1.807) is 18.3 Å². The van der Waals surface area contributed by atoms with Gasteiger partial charge in [0.2, 0.25) is 5.91 Å². The Bertz CT molecular complexity index is 497. The molecule has 0 fully saturated rings. The summed E-state index contributed by atoms with van der Waals surface area (Å²) >= 11 is 0. The summed E-state index contributed by atoms with van der Waals surface area (Å²) in [6, 6.07) is 3.46.